The van der Waals surface area contributed by atoms with Gasteiger partial charge in [-0.3, -0.25) is 0 Å². The fourth-order valence-electron chi connectivity index (χ4n) is 1.42. The zero-order valence-corrected chi connectivity index (χ0v) is 8.47. The summed E-state index contributed by atoms with van der Waals surface area (Å²) in [7, 11) is 0. The van der Waals surface area contributed by atoms with Crippen molar-refractivity contribution in [2.24, 2.45) is 0 Å². The first-order valence-corrected chi connectivity index (χ1v) is 4.75. The number of carbonyl (C=O) groups is 1. The highest BCUT2D eigenvalue weighted by atomic mass is 16.1. The minimum Gasteiger partial charge on any atom is -0.384 e. The van der Waals surface area contributed by atoms with E-state index >= 15 is 0 Å². The maximum Gasteiger partial charge on any atom is 0.157 e. The van der Waals surface area contributed by atoms with Gasteiger partial charge in [0.15, 0.2) is 5.65 Å². The highest BCUT2D eigenvalue weighted by molar-refractivity contribution is 5.75. The van der Waals surface area contributed by atoms with E-state index in [4.69, 9.17) is 5.73 Å². The first-order valence-electron chi connectivity index (χ1n) is 4.75. The fraction of sp³-hybridized carbons (Fsp3) is 0.300. The normalized spacial score (nSPS) is 10.7. The van der Waals surface area contributed by atoms with Crippen molar-refractivity contribution < 1.29 is 4.79 Å². The zero-order chi connectivity index (χ0) is 10.8. The maximum atomic E-state index is 10.8. The van der Waals surface area contributed by atoms with Gasteiger partial charge < -0.3 is 10.5 Å². The molecule has 2 heterocycles. The molecule has 2 N–H and O–H groups in total. The van der Waals surface area contributed by atoms with Crippen LogP contribution in [0, 0.1) is 0 Å². The summed E-state index contributed by atoms with van der Waals surface area (Å²) in [6.07, 6.45) is 2.77. The largest absolute Gasteiger partial charge is 0.384 e. The molecule has 0 unspecified atom stereocenters. The lowest BCUT2D eigenvalue weighted by molar-refractivity contribution is -0.116. The highest BCUT2D eigenvalue weighted by Crippen LogP contribution is 2.10. The van der Waals surface area contributed by atoms with Crippen molar-refractivity contribution in [1.82, 2.24) is 14.6 Å². The van der Waals surface area contributed by atoms with Crippen LogP contribution in [0.5, 0.6) is 0 Å². The second kappa shape index (κ2) is 3.68. The van der Waals surface area contributed by atoms with Crippen molar-refractivity contribution in [2.45, 2.75) is 19.8 Å². The quantitative estimate of drug-likeness (QED) is 0.803. The molecule has 0 saturated heterocycles. The molecule has 0 spiro atoms. The van der Waals surface area contributed by atoms with E-state index in [9.17, 15) is 4.79 Å². The van der Waals surface area contributed by atoms with Gasteiger partial charge in [-0.1, -0.05) is 0 Å². The van der Waals surface area contributed by atoms with E-state index in [0.29, 0.717) is 24.3 Å². The summed E-state index contributed by atoms with van der Waals surface area (Å²) in [5.41, 5.74) is 7.33. The number of nitrogens with zero attached hydrogens (tertiary/aromatic N) is 3. The molecular formula is C10H12N4O. The number of fused-ring (bicyclic) bond motifs is 1. The van der Waals surface area contributed by atoms with Crippen molar-refractivity contribution in [1.29, 1.82) is 0 Å². The van der Waals surface area contributed by atoms with Crippen molar-refractivity contribution in [3.63, 3.8) is 0 Å². The topological polar surface area (TPSA) is 73.3 Å². The fourth-order valence-corrected chi connectivity index (χ4v) is 1.42. The van der Waals surface area contributed by atoms with E-state index in [0.717, 1.165) is 5.69 Å². The first-order chi connectivity index (χ1) is 7.16. The summed E-state index contributed by atoms with van der Waals surface area (Å²) in [6, 6.07) is 3.54. The monoisotopic (exact) mass is 204 g/mol. The van der Waals surface area contributed by atoms with Crippen LogP contribution in [0.15, 0.2) is 18.3 Å². The molecule has 0 radical (unpaired) electrons. The summed E-state index contributed by atoms with van der Waals surface area (Å²) in [4.78, 5) is 15.2. The number of ketones is 1. The minimum absolute atomic E-state index is 0.156. The predicted molar refractivity (Wildman–Crippen MR) is 56.4 cm³/mol. The van der Waals surface area contributed by atoms with E-state index in [2.05, 4.69) is 10.1 Å². The van der Waals surface area contributed by atoms with Gasteiger partial charge in [0.05, 0.1) is 6.20 Å². The number of rotatable bonds is 3. The van der Waals surface area contributed by atoms with Crippen molar-refractivity contribution in [2.75, 3.05) is 5.73 Å². The number of nitrogen functional groups attached to an aromatic ring is 1. The number of carbonyl (C=O) groups excluding carboxylic acids is 1. The van der Waals surface area contributed by atoms with Gasteiger partial charge in [-0.2, -0.15) is 9.61 Å². The number of Topliss-reactive ketones (excluding diaryl/α,β-unsaturated/α-hetero) is 1. The molecule has 0 bridgehead atoms. The molecule has 0 fully saturated rings. The van der Waals surface area contributed by atoms with Crippen LogP contribution in [0.25, 0.3) is 5.65 Å². The van der Waals surface area contributed by atoms with Gasteiger partial charge in [0.2, 0.25) is 0 Å². The van der Waals surface area contributed by atoms with E-state index in [1.54, 1.807) is 29.8 Å². The third-order valence-corrected chi connectivity index (χ3v) is 2.17. The molecule has 0 aliphatic heterocycles. The Labute approximate surface area is 86.9 Å². The molecule has 2 aromatic rings. The first kappa shape index (κ1) is 9.64. The summed E-state index contributed by atoms with van der Waals surface area (Å²) < 4.78 is 1.57. The summed E-state index contributed by atoms with van der Waals surface area (Å²) in [5, 5.41) is 4.02. The van der Waals surface area contributed by atoms with Crippen LogP contribution in [-0.2, 0) is 11.2 Å². The second-order valence-corrected chi connectivity index (χ2v) is 3.48. The van der Waals surface area contributed by atoms with Gasteiger partial charge >= 0.3 is 0 Å². The van der Waals surface area contributed by atoms with Crippen molar-refractivity contribution in [3.05, 3.63) is 24.0 Å². The van der Waals surface area contributed by atoms with Crippen molar-refractivity contribution in [3.8, 4) is 0 Å². The average molecular weight is 204 g/mol. The minimum atomic E-state index is 0.156. The molecule has 0 amide bonds. The van der Waals surface area contributed by atoms with Gasteiger partial charge in [-0.25, -0.2) is 4.98 Å². The van der Waals surface area contributed by atoms with Gasteiger partial charge in [-0.05, 0) is 13.3 Å². The summed E-state index contributed by atoms with van der Waals surface area (Å²) >= 11 is 0. The molecule has 5 heteroatoms. The van der Waals surface area contributed by atoms with Crippen LogP contribution >= 0.6 is 0 Å². The molecule has 0 saturated carbocycles. The summed E-state index contributed by atoms with van der Waals surface area (Å²) in [5.74, 6) is 0.701. The van der Waals surface area contributed by atoms with Crippen molar-refractivity contribution >= 4 is 17.2 Å². The van der Waals surface area contributed by atoms with Gasteiger partial charge in [0.25, 0.3) is 0 Å². The number of nitrogens with two attached hydrogens (primary N) is 1. The molecule has 2 aromatic heterocycles. The van der Waals surface area contributed by atoms with Crippen LogP contribution in [0.1, 0.15) is 19.0 Å². The van der Waals surface area contributed by atoms with Gasteiger partial charge in [0.1, 0.15) is 11.6 Å². The average Bonchev–Trinajstić information content (AvgIpc) is 2.63. The number of aryl methyl sites for hydroxylation is 1. The van der Waals surface area contributed by atoms with Gasteiger partial charge in [-0.15, -0.1) is 0 Å². The Balaban J connectivity index is 2.32. The van der Waals surface area contributed by atoms with Crippen LogP contribution in [0.3, 0.4) is 0 Å². The molecule has 0 aliphatic rings. The predicted octanol–water partition coefficient (Wildman–Crippen LogP) is 0.833. The molecule has 0 aliphatic carbocycles. The van der Waals surface area contributed by atoms with Crippen LogP contribution in [0.2, 0.25) is 0 Å². The lowest BCUT2D eigenvalue weighted by Gasteiger charge is -2.02. The summed E-state index contributed by atoms with van der Waals surface area (Å²) in [6.45, 7) is 1.57. The second-order valence-electron chi connectivity index (χ2n) is 3.48. The standard InChI is InChI=1S/C10H12N4O/c1-7(15)2-3-8-6-9(11)14-10(13-8)4-5-12-14/h4-6H,2-3,11H2,1H3. The molecule has 2 rings (SSSR count). The number of hydrogen-bond donors (Lipinski definition) is 1. The third-order valence-electron chi connectivity index (χ3n) is 2.17. The third kappa shape index (κ3) is 1.96. The van der Waals surface area contributed by atoms with Crippen LogP contribution in [0.4, 0.5) is 5.82 Å². The molecular weight excluding hydrogens is 192 g/mol. The Bertz CT molecular complexity index is 503. The Morgan fingerprint density at radius 3 is 3.13 bits per heavy atom. The van der Waals surface area contributed by atoms with Crippen LogP contribution in [-0.4, -0.2) is 20.4 Å². The highest BCUT2D eigenvalue weighted by Gasteiger charge is 2.04. The Kier molecular flexibility index (Phi) is 2.37. The number of hydrogen-bond acceptors (Lipinski definition) is 4. The lowest BCUT2D eigenvalue weighted by atomic mass is 10.2. The van der Waals surface area contributed by atoms with Crippen LogP contribution < -0.4 is 5.73 Å². The van der Waals surface area contributed by atoms with E-state index in [-0.39, 0.29) is 5.78 Å². The molecule has 15 heavy (non-hydrogen) atoms. The number of anilines is 1. The van der Waals surface area contributed by atoms with E-state index in [1.165, 1.54) is 0 Å². The SMILES string of the molecule is CC(=O)CCc1cc(N)n2nccc2n1. The molecule has 0 atom stereocenters. The molecule has 5 nitrogen and oxygen atoms in total. The maximum absolute atomic E-state index is 10.8. The van der Waals surface area contributed by atoms with E-state index in [1.807, 2.05) is 0 Å². The lowest BCUT2D eigenvalue weighted by Crippen LogP contribution is -2.04. The Hall–Kier alpha value is -1.91. The Morgan fingerprint density at radius 1 is 1.60 bits per heavy atom. The molecule has 0 aromatic carbocycles. The smallest absolute Gasteiger partial charge is 0.157 e. The zero-order valence-electron chi connectivity index (χ0n) is 8.47. The number of aromatic nitrogens is 3. The Morgan fingerprint density at radius 2 is 2.40 bits per heavy atom. The van der Waals surface area contributed by atoms with Gasteiger partial charge in [0, 0.05) is 24.2 Å². The molecule has 78 valence electrons. The van der Waals surface area contributed by atoms with E-state index < -0.39 is 0 Å².